The molecule has 1 heterocycles. The van der Waals surface area contributed by atoms with Gasteiger partial charge < -0.3 is 5.32 Å². The third-order valence-corrected chi connectivity index (χ3v) is 2.48. The first-order valence-corrected chi connectivity index (χ1v) is 5.33. The highest BCUT2D eigenvalue weighted by atomic mass is 15.1. The Morgan fingerprint density at radius 3 is 2.64 bits per heavy atom. The van der Waals surface area contributed by atoms with E-state index < -0.39 is 0 Å². The molecule has 0 fully saturated rings. The molecule has 1 aliphatic heterocycles. The Balaban J connectivity index is 2.53. The van der Waals surface area contributed by atoms with Crippen molar-refractivity contribution >= 4 is 0 Å². The van der Waals surface area contributed by atoms with Crippen LogP contribution in [0.5, 0.6) is 0 Å². The topological polar surface area (TPSA) is 15.3 Å². The summed E-state index contributed by atoms with van der Waals surface area (Å²) in [6, 6.07) is 0. The molecule has 78 valence electrons. The van der Waals surface area contributed by atoms with Crippen molar-refractivity contribution in [2.24, 2.45) is 0 Å². The van der Waals surface area contributed by atoms with Crippen LogP contribution in [-0.2, 0) is 0 Å². The predicted octanol–water partition coefficient (Wildman–Crippen LogP) is 2.28. The molecule has 1 rings (SSSR count). The Labute approximate surface area is 87.0 Å². The lowest BCUT2D eigenvalue weighted by atomic mass is 10.2. The molecule has 0 atom stereocenters. The summed E-state index contributed by atoms with van der Waals surface area (Å²) in [5.74, 6) is 0. The molecular formula is C12H20N2. The fourth-order valence-corrected chi connectivity index (χ4v) is 1.49. The van der Waals surface area contributed by atoms with Gasteiger partial charge in [0.05, 0.1) is 0 Å². The van der Waals surface area contributed by atoms with Crippen molar-refractivity contribution in [2.75, 3.05) is 19.6 Å². The molecule has 0 spiro atoms. The molecule has 0 saturated heterocycles. The maximum absolute atomic E-state index is 3.40. The van der Waals surface area contributed by atoms with E-state index in [-0.39, 0.29) is 0 Å². The van der Waals surface area contributed by atoms with E-state index >= 15 is 0 Å². The van der Waals surface area contributed by atoms with Crippen LogP contribution in [0.1, 0.15) is 20.8 Å². The Hall–Kier alpha value is -1.02. The molecule has 14 heavy (non-hydrogen) atoms. The van der Waals surface area contributed by atoms with Crippen LogP contribution in [0.4, 0.5) is 0 Å². The number of nitrogens with zero attached hydrogens (tertiary/aromatic N) is 1. The van der Waals surface area contributed by atoms with Crippen LogP contribution in [0.25, 0.3) is 0 Å². The predicted molar refractivity (Wildman–Crippen MR) is 61.9 cm³/mol. The molecular weight excluding hydrogens is 172 g/mol. The fourth-order valence-electron chi connectivity index (χ4n) is 1.49. The van der Waals surface area contributed by atoms with E-state index in [1.54, 1.807) is 0 Å². The fraction of sp³-hybridized carbons (Fsp3) is 0.500. The second kappa shape index (κ2) is 5.66. The van der Waals surface area contributed by atoms with Crippen molar-refractivity contribution in [3.05, 3.63) is 35.7 Å². The molecule has 2 heteroatoms. The normalized spacial score (nSPS) is 18.6. The monoisotopic (exact) mass is 192 g/mol. The molecule has 0 aromatic carbocycles. The van der Waals surface area contributed by atoms with Gasteiger partial charge in [0.1, 0.15) is 0 Å². The number of allylic oxidation sites excluding steroid dienone is 4. The molecule has 0 saturated carbocycles. The van der Waals surface area contributed by atoms with Crippen molar-refractivity contribution in [3.8, 4) is 0 Å². The third kappa shape index (κ3) is 3.04. The highest BCUT2D eigenvalue weighted by Crippen LogP contribution is 2.06. The van der Waals surface area contributed by atoms with Crippen molar-refractivity contribution in [2.45, 2.75) is 20.8 Å². The molecule has 0 unspecified atom stereocenters. The minimum Gasteiger partial charge on any atom is -0.358 e. The highest BCUT2D eigenvalue weighted by molar-refractivity contribution is 5.31. The summed E-state index contributed by atoms with van der Waals surface area (Å²) in [6.07, 6.45) is 8.42. The van der Waals surface area contributed by atoms with Gasteiger partial charge in [-0.1, -0.05) is 26.0 Å². The van der Waals surface area contributed by atoms with Crippen LogP contribution in [0, 0.1) is 0 Å². The number of hydrogen-bond donors (Lipinski definition) is 1. The van der Waals surface area contributed by atoms with Gasteiger partial charge in [0.2, 0.25) is 0 Å². The van der Waals surface area contributed by atoms with Crippen LogP contribution in [-0.4, -0.2) is 24.5 Å². The first-order valence-electron chi connectivity index (χ1n) is 5.33. The average molecular weight is 192 g/mol. The van der Waals surface area contributed by atoms with E-state index in [2.05, 4.69) is 48.4 Å². The maximum Gasteiger partial charge on any atom is 0.0384 e. The minimum atomic E-state index is 1.01. The van der Waals surface area contributed by atoms with Gasteiger partial charge in [-0.15, -0.1) is 0 Å². The van der Waals surface area contributed by atoms with E-state index in [1.807, 2.05) is 6.92 Å². The smallest absolute Gasteiger partial charge is 0.0384 e. The average Bonchev–Trinajstić information content (AvgIpc) is 2.26. The summed E-state index contributed by atoms with van der Waals surface area (Å²) in [4.78, 5) is 2.39. The first-order chi connectivity index (χ1) is 6.80. The van der Waals surface area contributed by atoms with Gasteiger partial charge in [-0.3, -0.25) is 4.90 Å². The lowest BCUT2D eigenvalue weighted by Crippen LogP contribution is -2.30. The Morgan fingerprint density at radius 1 is 1.36 bits per heavy atom. The number of hydrogen-bond acceptors (Lipinski definition) is 2. The van der Waals surface area contributed by atoms with Gasteiger partial charge >= 0.3 is 0 Å². The van der Waals surface area contributed by atoms with Gasteiger partial charge in [-0.25, -0.2) is 0 Å². The van der Waals surface area contributed by atoms with Gasteiger partial charge in [0, 0.05) is 17.9 Å². The number of nitrogens with one attached hydrogen (secondary N) is 1. The summed E-state index contributed by atoms with van der Waals surface area (Å²) in [6.45, 7) is 9.65. The molecule has 0 aromatic heterocycles. The second-order valence-corrected chi connectivity index (χ2v) is 3.38. The van der Waals surface area contributed by atoms with Crippen molar-refractivity contribution < 1.29 is 0 Å². The zero-order chi connectivity index (χ0) is 10.4. The Kier molecular flexibility index (Phi) is 4.47. The quantitative estimate of drug-likeness (QED) is 0.735. The zero-order valence-electron chi connectivity index (χ0n) is 9.38. The van der Waals surface area contributed by atoms with Crippen LogP contribution in [0.2, 0.25) is 0 Å². The van der Waals surface area contributed by atoms with E-state index in [4.69, 9.17) is 0 Å². The summed E-state index contributed by atoms with van der Waals surface area (Å²) in [7, 11) is 0. The minimum absolute atomic E-state index is 1.01. The van der Waals surface area contributed by atoms with E-state index in [0.29, 0.717) is 0 Å². The van der Waals surface area contributed by atoms with Crippen LogP contribution in [0.3, 0.4) is 0 Å². The van der Waals surface area contributed by atoms with E-state index in [9.17, 15) is 0 Å². The lowest BCUT2D eigenvalue weighted by molar-refractivity contribution is 0.325. The standard InChI is InChI=1S/C12H20N2/c1-4-11-8-7-9-12(13-11)10-14(5-2)6-3/h4,7-9,13H,5-6,10H2,1-3H3/b11-4-. The SMILES string of the molecule is C/C=C1/C=CC=C(CN(CC)CC)N1. The van der Waals surface area contributed by atoms with Crippen LogP contribution in [0.15, 0.2) is 35.7 Å². The molecule has 0 radical (unpaired) electrons. The second-order valence-electron chi connectivity index (χ2n) is 3.38. The molecule has 0 bridgehead atoms. The van der Waals surface area contributed by atoms with Crippen molar-refractivity contribution in [1.29, 1.82) is 0 Å². The van der Waals surface area contributed by atoms with Crippen molar-refractivity contribution in [3.63, 3.8) is 0 Å². The highest BCUT2D eigenvalue weighted by Gasteiger charge is 2.05. The maximum atomic E-state index is 3.40. The molecule has 0 aliphatic carbocycles. The lowest BCUT2D eigenvalue weighted by Gasteiger charge is -2.22. The van der Waals surface area contributed by atoms with Gasteiger partial charge in [0.25, 0.3) is 0 Å². The number of rotatable bonds is 4. The van der Waals surface area contributed by atoms with Crippen LogP contribution >= 0.6 is 0 Å². The van der Waals surface area contributed by atoms with Crippen molar-refractivity contribution in [1.82, 2.24) is 10.2 Å². The number of dihydropyridines is 1. The Morgan fingerprint density at radius 2 is 2.07 bits per heavy atom. The van der Waals surface area contributed by atoms with Crippen LogP contribution < -0.4 is 5.32 Å². The summed E-state index contributed by atoms with van der Waals surface area (Å²) in [5, 5.41) is 3.40. The van der Waals surface area contributed by atoms with Gasteiger partial charge in [0.15, 0.2) is 0 Å². The summed E-state index contributed by atoms with van der Waals surface area (Å²) in [5.41, 5.74) is 2.47. The molecule has 1 N–H and O–H groups in total. The Bertz CT molecular complexity index is 257. The van der Waals surface area contributed by atoms with Gasteiger partial charge in [-0.2, -0.15) is 0 Å². The first kappa shape index (κ1) is 11.1. The molecule has 2 nitrogen and oxygen atoms in total. The van der Waals surface area contributed by atoms with E-state index in [1.165, 1.54) is 11.4 Å². The molecule has 0 amide bonds. The molecule has 0 aromatic rings. The number of likely N-dealkylation sites (N-methyl/N-ethyl adjacent to an activating group) is 1. The van der Waals surface area contributed by atoms with Gasteiger partial charge in [-0.05, 0) is 32.2 Å². The van der Waals surface area contributed by atoms with E-state index in [0.717, 1.165) is 19.6 Å². The molecule has 1 aliphatic rings. The largest absolute Gasteiger partial charge is 0.358 e. The summed E-state index contributed by atoms with van der Waals surface area (Å²) >= 11 is 0. The summed E-state index contributed by atoms with van der Waals surface area (Å²) < 4.78 is 0. The third-order valence-electron chi connectivity index (χ3n) is 2.48. The zero-order valence-corrected chi connectivity index (χ0v) is 9.38.